The number of fused-ring (bicyclic) bond motifs is 4. The van der Waals surface area contributed by atoms with Gasteiger partial charge in [-0.15, -0.1) is 23.8 Å². The number of hydrogen-bond donors (Lipinski definition) is 0. The van der Waals surface area contributed by atoms with Crippen LogP contribution in [0.15, 0.2) is 115 Å². The molecule has 0 N–H and O–H groups in total. The van der Waals surface area contributed by atoms with Crippen molar-refractivity contribution in [2.24, 2.45) is 5.41 Å². The second-order valence-electron chi connectivity index (χ2n) is 17.5. The molecule has 0 atom stereocenters. The zero-order valence-electron chi connectivity index (χ0n) is 36.3. The summed E-state index contributed by atoms with van der Waals surface area (Å²) in [5, 5.41) is 2.55. The first-order valence-corrected chi connectivity index (χ1v) is 26.9. The van der Waals surface area contributed by atoms with E-state index < -0.39 is 20.1 Å². The molecule has 0 fully saturated rings. The van der Waals surface area contributed by atoms with Gasteiger partial charge in [0.15, 0.2) is 0 Å². The summed E-state index contributed by atoms with van der Waals surface area (Å²) in [5.41, 5.74) is 9.28. The standard InChI is InChI=1S/C29H23N2S.C20H28GeN.Ir/c1-29(2,3)20-13-15-21(16-14-20)31-25-10-6-5-9-24(25)30-28(31)19-12-17-23-22-8-4-7-11-26(22)32-27(23)18-19;1-15-8-10-16(11-9-15)19-12-17(13-20(2,3)4)18(14-22-19)21(5,6)7;/h4-11,13-18H,1-3H3;8-10,12,14H,13H2,1-7H3;/q2*-1;/i;1D3;. The van der Waals surface area contributed by atoms with Gasteiger partial charge in [0.1, 0.15) is 0 Å². The molecule has 283 valence electrons. The second-order valence-corrected chi connectivity index (χ2v) is 29.1. The van der Waals surface area contributed by atoms with Crippen molar-refractivity contribution in [1.29, 1.82) is 0 Å². The number of aromatic nitrogens is 3. The van der Waals surface area contributed by atoms with E-state index in [1.54, 1.807) is 12.1 Å². The molecule has 0 unspecified atom stereocenters. The number of pyridine rings is 1. The third kappa shape index (κ3) is 9.07. The number of hydrogen-bond acceptors (Lipinski definition) is 3. The number of para-hydroxylation sites is 2. The van der Waals surface area contributed by atoms with Gasteiger partial charge >= 0.3 is 142 Å². The first-order chi connectivity index (χ1) is 26.8. The van der Waals surface area contributed by atoms with Crippen LogP contribution in [0, 0.1) is 24.4 Å². The largest absolute Gasteiger partial charge is 0 e. The maximum absolute atomic E-state index is 7.48. The van der Waals surface area contributed by atoms with Gasteiger partial charge in [0, 0.05) is 30.5 Å². The Morgan fingerprint density at radius 2 is 1.47 bits per heavy atom. The summed E-state index contributed by atoms with van der Waals surface area (Å²) in [7, 11) is 0. The van der Waals surface area contributed by atoms with Crippen LogP contribution in [0.2, 0.25) is 17.3 Å². The first kappa shape index (κ1) is 36.8. The molecule has 3 heterocycles. The van der Waals surface area contributed by atoms with Crippen molar-refractivity contribution in [3.63, 3.8) is 0 Å². The Morgan fingerprint density at radius 3 is 2.15 bits per heavy atom. The van der Waals surface area contributed by atoms with Crippen molar-refractivity contribution < 1.29 is 24.2 Å². The van der Waals surface area contributed by atoms with Gasteiger partial charge in [-0.25, -0.2) is 0 Å². The van der Waals surface area contributed by atoms with E-state index in [0.717, 1.165) is 45.8 Å². The Kier molecular flexibility index (Phi) is 10.7. The summed E-state index contributed by atoms with van der Waals surface area (Å²) in [6, 6.07) is 44.0. The molecule has 3 nitrogen and oxygen atoms in total. The molecule has 3 aromatic heterocycles. The quantitative estimate of drug-likeness (QED) is 0.127. The van der Waals surface area contributed by atoms with Crippen LogP contribution < -0.4 is 4.40 Å². The van der Waals surface area contributed by atoms with Gasteiger partial charge in [0.25, 0.3) is 0 Å². The molecule has 0 aliphatic carbocycles. The van der Waals surface area contributed by atoms with Crippen molar-refractivity contribution in [1.82, 2.24) is 14.5 Å². The van der Waals surface area contributed by atoms with E-state index >= 15 is 0 Å². The Labute approximate surface area is 352 Å². The fraction of sp³-hybridized carbons (Fsp3) is 0.265. The second kappa shape index (κ2) is 15.9. The van der Waals surface area contributed by atoms with E-state index in [2.05, 4.69) is 165 Å². The molecule has 1 radical (unpaired) electrons. The summed E-state index contributed by atoms with van der Waals surface area (Å²) in [6.07, 6.45) is 3.05. The Balaban J connectivity index is 0.000000199. The number of nitrogens with zero attached hydrogens (tertiary/aromatic N) is 3. The van der Waals surface area contributed by atoms with Crippen LogP contribution in [0.1, 0.15) is 62.3 Å². The van der Waals surface area contributed by atoms with Crippen LogP contribution in [0.25, 0.3) is 59.5 Å². The molecule has 0 bridgehead atoms. The summed E-state index contributed by atoms with van der Waals surface area (Å²) in [5.74, 6) is 8.09. The normalized spacial score (nSPS) is 13.1. The monoisotopic (exact) mass is 983 g/mol. The number of thiophene rings is 1. The van der Waals surface area contributed by atoms with Gasteiger partial charge in [0.2, 0.25) is 0 Å². The van der Waals surface area contributed by atoms with Crippen LogP contribution in [0.3, 0.4) is 0 Å². The molecule has 0 aliphatic rings. The molecular formula is C49H51GeIrN3S-2. The smallest absolute Gasteiger partial charge is 0 e. The van der Waals surface area contributed by atoms with Crippen LogP contribution in [0.5, 0.6) is 0 Å². The number of benzene rings is 5. The van der Waals surface area contributed by atoms with Crippen molar-refractivity contribution in [3.8, 4) is 28.3 Å². The van der Waals surface area contributed by atoms with Crippen LogP contribution >= 0.6 is 11.3 Å². The van der Waals surface area contributed by atoms with Gasteiger partial charge < -0.3 is 4.57 Å². The Bertz CT molecular complexity index is 2690. The maximum Gasteiger partial charge on any atom is 0 e. The van der Waals surface area contributed by atoms with Crippen molar-refractivity contribution in [3.05, 3.63) is 144 Å². The average molecular weight is 982 g/mol. The first-order valence-electron chi connectivity index (χ1n) is 20.2. The maximum atomic E-state index is 7.48. The third-order valence-corrected chi connectivity index (χ3v) is 15.2. The molecule has 6 heteroatoms. The van der Waals surface area contributed by atoms with Gasteiger partial charge in [0.05, 0.1) is 16.9 Å². The van der Waals surface area contributed by atoms with Gasteiger partial charge in [-0.05, 0) is 51.4 Å². The number of rotatable bonds is 5. The number of imidazole rings is 1. The van der Waals surface area contributed by atoms with Crippen LogP contribution in [-0.2, 0) is 31.9 Å². The summed E-state index contributed by atoms with van der Waals surface area (Å²) in [6.45, 7) is 11.4. The summed E-state index contributed by atoms with van der Waals surface area (Å²) >= 11 is -0.185. The predicted molar refractivity (Wildman–Crippen MR) is 236 cm³/mol. The minimum absolute atomic E-state index is 0. The molecule has 8 rings (SSSR count). The minimum Gasteiger partial charge on any atom is 0 e. The van der Waals surface area contributed by atoms with E-state index in [-0.39, 0.29) is 30.9 Å². The topological polar surface area (TPSA) is 30.7 Å². The molecule has 0 amide bonds. The molecule has 0 saturated heterocycles. The SMILES string of the molecule is CC(C)(C)c1ccc(-n2c(-c3[c-]cc4c(c3)sc3ccccc34)nc3ccccc32)cc1.[2H]C([2H])([2H])c1c[c-]c(-c2cc(CC(C)(C)C)[c]([Ge]([CH3])([CH3])[CH3])cn2)cc1.[Ir]. The van der Waals surface area contributed by atoms with E-state index in [1.807, 2.05) is 29.7 Å². The molecule has 5 aromatic carbocycles. The van der Waals surface area contributed by atoms with Gasteiger partial charge in [-0.1, -0.05) is 68.6 Å². The van der Waals surface area contributed by atoms with E-state index in [9.17, 15) is 0 Å². The molecule has 0 spiro atoms. The molecule has 8 aromatic rings. The molecule has 0 saturated carbocycles. The molecule has 0 aliphatic heterocycles. The zero-order valence-corrected chi connectivity index (χ0v) is 38.6. The van der Waals surface area contributed by atoms with Crippen molar-refractivity contribution >= 4 is 60.2 Å². The van der Waals surface area contributed by atoms with Gasteiger partial charge in [-0.3, -0.25) is 4.98 Å². The zero-order chi connectivity index (χ0) is 40.9. The predicted octanol–water partition coefficient (Wildman–Crippen LogP) is 13.1. The van der Waals surface area contributed by atoms with E-state index in [0.29, 0.717) is 5.56 Å². The fourth-order valence-corrected chi connectivity index (χ4v) is 11.4. The minimum atomic E-state index is -2.09. The van der Waals surface area contributed by atoms with Gasteiger partial charge in [-0.2, -0.15) is 11.3 Å². The molecule has 55 heavy (non-hydrogen) atoms. The number of aryl methyl sites for hydroxylation is 1. The summed E-state index contributed by atoms with van der Waals surface area (Å²) < 4.78 is 28.7. The van der Waals surface area contributed by atoms with E-state index in [4.69, 9.17) is 9.10 Å². The Morgan fingerprint density at radius 1 is 0.764 bits per heavy atom. The fourth-order valence-electron chi connectivity index (χ4n) is 6.99. The Hall–Kier alpha value is -3.87. The van der Waals surface area contributed by atoms with Crippen LogP contribution in [-0.4, -0.2) is 27.8 Å². The van der Waals surface area contributed by atoms with E-state index in [1.165, 1.54) is 35.7 Å². The third-order valence-electron chi connectivity index (χ3n) is 9.71. The molecular weight excluding hydrogens is 927 g/mol. The van der Waals surface area contributed by atoms with Crippen molar-refractivity contribution in [2.45, 2.75) is 77.5 Å². The van der Waals surface area contributed by atoms with Crippen LogP contribution in [0.4, 0.5) is 0 Å². The van der Waals surface area contributed by atoms with Crippen molar-refractivity contribution in [2.75, 3.05) is 0 Å². The summed E-state index contributed by atoms with van der Waals surface area (Å²) in [4.78, 5) is 9.70. The average Bonchev–Trinajstić information content (AvgIpc) is 3.72.